The zero-order valence-electron chi connectivity index (χ0n) is 11.4. The van der Waals surface area contributed by atoms with E-state index < -0.39 is 12.0 Å². The zero-order valence-corrected chi connectivity index (χ0v) is 11.4. The highest BCUT2D eigenvalue weighted by atomic mass is 16.4. The van der Waals surface area contributed by atoms with Gasteiger partial charge in [-0.05, 0) is 31.2 Å². The number of carboxylic acids is 1. The zero-order chi connectivity index (χ0) is 13.7. The fourth-order valence-electron chi connectivity index (χ4n) is 2.24. The van der Waals surface area contributed by atoms with Crippen LogP contribution in [0, 0.1) is 11.8 Å². The summed E-state index contributed by atoms with van der Waals surface area (Å²) in [4.78, 5) is 23.2. The maximum absolute atomic E-state index is 12.0. The first kappa shape index (κ1) is 15.0. The third kappa shape index (κ3) is 3.98. The molecule has 0 aromatic rings. The summed E-state index contributed by atoms with van der Waals surface area (Å²) in [5.74, 6) is -0.697. The maximum Gasteiger partial charge on any atom is 0.326 e. The van der Waals surface area contributed by atoms with Crippen LogP contribution >= 0.6 is 0 Å². The second kappa shape index (κ2) is 6.73. The number of hydrogen-bond donors (Lipinski definition) is 3. The van der Waals surface area contributed by atoms with Gasteiger partial charge in [-0.2, -0.15) is 0 Å². The van der Waals surface area contributed by atoms with Gasteiger partial charge in [0.15, 0.2) is 0 Å². The van der Waals surface area contributed by atoms with E-state index in [-0.39, 0.29) is 17.9 Å². The van der Waals surface area contributed by atoms with E-state index >= 15 is 0 Å². The van der Waals surface area contributed by atoms with Gasteiger partial charge in [-0.15, -0.1) is 0 Å². The molecule has 0 aliphatic carbocycles. The predicted molar refractivity (Wildman–Crippen MR) is 69.2 cm³/mol. The van der Waals surface area contributed by atoms with E-state index in [1.807, 2.05) is 13.8 Å². The smallest absolute Gasteiger partial charge is 0.326 e. The molecule has 3 unspecified atom stereocenters. The second-order valence-corrected chi connectivity index (χ2v) is 5.35. The summed E-state index contributed by atoms with van der Waals surface area (Å²) in [5, 5.41) is 14.9. The van der Waals surface area contributed by atoms with Crippen LogP contribution in [-0.4, -0.2) is 35.6 Å². The predicted octanol–water partition coefficient (Wildman–Crippen LogP) is 0.990. The first-order valence-electron chi connectivity index (χ1n) is 6.72. The summed E-state index contributed by atoms with van der Waals surface area (Å²) < 4.78 is 0. The average molecular weight is 256 g/mol. The van der Waals surface area contributed by atoms with Crippen molar-refractivity contribution in [2.75, 3.05) is 6.54 Å². The lowest BCUT2D eigenvalue weighted by Crippen LogP contribution is -2.54. The number of carbonyl (C=O) groups is 2. The fraction of sp³-hybridized carbons (Fsp3) is 0.846. The second-order valence-electron chi connectivity index (χ2n) is 5.35. The van der Waals surface area contributed by atoms with Gasteiger partial charge in [-0.25, -0.2) is 4.79 Å². The minimum atomic E-state index is -0.957. The van der Waals surface area contributed by atoms with Crippen molar-refractivity contribution < 1.29 is 14.7 Å². The number of piperidine rings is 1. The van der Waals surface area contributed by atoms with E-state index in [4.69, 9.17) is 5.11 Å². The molecule has 0 aromatic carbocycles. The van der Waals surface area contributed by atoms with Crippen molar-refractivity contribution >= 4 is 11.9 Å². The van der Waals surface area contributed by atoms with Gasteiger partial charge < -0.3 is 15.7 Å². The molecule has 104 valence electrons. The quantitative estimate of drug-likeness (QED) is 0.685. The SMILES string of the molecule is CCC(C)[C@H](NC(=O)C1CC(C)CCN1)C(=O)O. The normalized spacial score (nSPS) is 27.3. The van der Waals surface area contributed by atoms with Crippen molar-refractivity contribution in [3.05, 3.63) is 0 Å². The molecule has 4 atom stereocenters. The topological polar surface area (TPSA) is 78.4 Å². The van der Waals surface area contributed by atoms with Gasteiger partial charge in [-0.1, -0.05) is 27.2 Å². The molecule has 0 aromatic heterocycles. The molecule has 0 radical (unpaired) electrons. The molecule has 1 saturated heterocycles. The fourth-order valence-corrected chi connectivity index (χ4v) is 2.24. The molecule has 1 heterocycles. The Balaban J connectivity index is 2.58. The maximum atomic E-state index is 12.0. The van der Waals surface area contributed by atoms with E-state index in [0.717, 1.165) is 25.8 Å². The Hall–Kier alpha value is -1.10. The molecule has 0 spiro atoms. The molecule has 5 heteroatoms. The summed E-state index contributed by atoms with van der Waals surface area (Å²) in [6, 6.07) is -1.04. The van der Waals surface area contributed by atoms with Gasteiger partial charge in [0.2, 0.25) is 5.91 Å². The van der Waals surface area contributed by atoms with Gasteiger partial charge in [0.25, 0.3) is 0 Å². The van der Waals surface area contributed by atoms with E-state index in [9.17, 15) is 9.59 Å². The van der Waals surface area contributed by atoms with Gasteiger partial charge in [0.05, 0.1) is 6.04 Å². The summed E-state index contributed by atoms with van der Waals surface area (Å²) >= 11 is 0. The average Bonchev–Trinajstić information content (AvgIpc) is 2.34. The van der Waals surface area contributed by atoms with Crippen molar-refractivity contribution in [2.45, 2.75) is 52.1 Å². The molecule has 1 rings (SSSR count). The van der Waals surface area contributed by atoms with Crippen LogP contribution in [0.2, 0.25) is 0 Å². The number of hydrogen-bond acceptors (Lipinski definition) is 3. The van der Waals surface area contributed by atoms with Gasteiger partial charge >= 0.3 is 5.97 Å². The van der Waals surface area contributed by atoms with Crippen molar-refractivity contribution in [1.82, 2.24) is 10.6 Å². The van der Waals surface area contributed by atoms with Crippen LogP contribution in [0.5, 0.6) is 0 Å². The molecule has 1 aliphatic heterocycles. The van der Waals surface area contributed by atoms with Crippen molar-refractivity contribution in [2.24, 2.45) is 11.8 Å². The van der Waals surface area contributed by atoms with Gasteiger partial charge in [0.1, 0.15) is 6.04 Å². The first-order valence-corrected chi connectivity index (χ1v) is 6.72. The molecule has 1 aliphatic rings. The Morgan fingerprint density at radius 3 is 2.67 bits per heavy atom. The monoisotopic (exact) mass is 256 g/mol. The minimum absolute atomic E-state index is 0.0625. The van der Waals surface area contributed by atoms with E-state index in [2.05, 4.69) is 17.6 Å². The van der Waals surface area contributed by atoms with Crippen molar-refractivity contribution in [3.8, 4) is 0 Å². The number of carbonyl (C=O) groups excluding carboxylic acids is 1. The van der Waals surface area contributed by atoms with Crippen LogP contribution in [0.3, 0.4) is 0 Å². The Morgan fingerprint density at radius 1 is 1.50 bits per heavy atom. The Morgan fingerprint density at radius 2 is 2.17 bits per heavy atom. The number of aliphatic carboxylic acids is 1. The van der Waals surface area contributed by atoms with Crippen LogP contribution in [0.15, 0.2) is 0 Å². The van der Waals surface area contributed by atoms with Crippen LogP contribution in [0.4, 0.5) is 0 Å². The third-order valence-corrected chi connectivity index (χ3v) is 3.76. The van der Waals surface area contributed by atoms with Gasteiger partial charge in [0, 0.05) is 0 Å². The van der Waals surface area contributed by atoms with E-state index in [0.29, 0.717) is 5.92 Å². The molecule has 1 amide bonds. The lowest BCUT2D eigenvalue weighted by Gasteiger charge is -2.29. The number of amides is 1. The van der Waals surface area contributed by atoms with E-state index in [1.54, 1.807) is 0 Å². The lowest BCUT2D eigenvalue weighted by atomic mass is 9.93. The number of rotatable bonds is 5. The molecule has 0 bridgehead atoms. The molecule has 1 fully saturated rings. The number of nitrogens with one attached hydrogen (secondary N) is 2. The Kier molecular flexibility index (Phi) is 5.59. The lowest BCUT2D eigenvalue weighted by molar-refractivity contribution is -0.143. The van der Waals surface area contributed by atoms with Crippen molar-refractivity contribution in [3.63, 3.8) is 0 Å². The van der Waals surface area contributed by atoms with Crippen LogP contribution in [0.1, 0.15) is 40.0 Å². The van der Waals surface area contributed by atoms with Gasteiger partial charge in [-0.3, -0.25) is 4.79 Å². The van der Waals surface area contributed by atoms with E-state index in [1.165, 1.54) is 0 Å². The number of carboxylic acid groups (broad SMARTS) is 1. The molecule has 3 N–H and O–H groups in total. The summed E-state index contributed by atoms with van der Waals surface area (Å²) in [5.41, 5.74) is 0. The molecular weight excluding hydrogens is 232 g/mol. The molecule has 5 nitrogen and oxygen atoms in total. The largest absolute Gasteiger partial charge is 0.480 e. The summed E-state index contributed by atoms with van der Waals surface area (Å²) in [6.07, 6.45) is 2.57. The summed E-state index contributed by atoms with van der Waals surface area (Å²) in [7, 11) is 0. The standard InChI is InChI=1S/C13H24N2O3/c1-4-9(3)11(13(17)18)15-12(16)10-7-8(2)5-6-14-10/h8-11,14H,4-7H2,1-3H3,(H,15,16)(H,17,18)/t8?,9?,10?,11-/m0/s1. The first-order chi connectivity index (χ1) is 8.45. The Bertz CT molecular complexity index is 307. The van der Waals surface area contributed by atoms with Crippen molar-refractivity contribution in [1.29, 1.82) is 0 Å². The molecule has 0 saturated carbocycles. The highest BCUT2D eigenvalue weighted by Crippen LogP contribution is 2.16. The van der Waals surface area contributed by atoms with Crippen LogP contribution in [-0.2, 0) is 9.59 Å². The molecular formula is C13H24N2O3. The highest BCUT2D eigenvalue weighted by molar-refractivity contribution is 5.87. The Labute approximate surface area is 108 Å². The van der Waals surface area contributed by atoms with Crippen LogP contribution in [0.25, 0.3) is 0 Å². The minimum Gasteiger partial charge on any atom is -0.480 e. The summed E-state index contributed by atoms with van der Waals surface area (Å²) in [6.45, 7) is 6.70. The molecule has 18 heavy (non-hydrogen) atoms. The highest BCUT2D eigenvalue weighted by Gasteiger charge is 2.30. The third-order valence-electron chi connectivity index (χ3n) is 3.76. The van der Waals surface area contributed by atoms with Crippen LogP contribution < -0.4 is 10.6 Å².